The molecule has 1 aliphatic heterocycles. The molecule has 1 heterocycles. The van der Waals surface area contributed by atoms with Gasteiger partial charge in [0.2, 0.25) is 0 Å². The normalized spacial score (nSPS) is 16.2. The number of hydrogen-bond acceptors (Lipinski definition) is 4. The monoisotopic (exact) mass is 303 g/mol. The third kappa shape index (κ3) is 3.81. The molecule has 4 heteroatoms. The van der Waals surface area contributed by atoms with Crippen LogP contribution >= 0.6 is 0 Å². The first kappa shape index (κ1) is 16.8. The third-order valence-electron chi connectivity index (χ3n) is 3.87. The van der Waals surface area contributed by atoms with Crippen molar-refractivity contribution in [2.45, 2.75) is 58.9 Å². The van der Waals surface area contributed by atoms with Gasteiger partial charge >= 0.3 is 0 Å². The van der Waals surface area contributed by atoms with E-state index in [0.717, 1.165) is 24.2 Å². The molecule has 0 unspecified atom stereocenters. The number of phenolic OH excluding ortho intramolecular Hbond substituents is 1. The van der Waals surface area contributed by atoms with Crippen molar-refractivity contribution >= 4 is 0 Å². The van der Waals surface area contributed by atoms with Gasteiger partial charge in [-0.15, -0.1) is 0 Å². The predicted molar refractivity (Wildman–Crippen MR) is 91.3 cm³/mol. The van der Waals surface area contributed by atoms with Crippen LogP contribution in [-0.4, -0.2) is 16.7 Å². The molecule has 4 nitrogen and oxygen atoms in total. The van der Waals surface area contributed by atoms with Gasteiger partial charge in [0.15, 0.2) is 0 Å². The zero-order valence-corrected chi connectivity index (χ0v) is 14.6. The molecular formula is C18H29N3O. The molecule has 1 aliphatic rings. The highest BCUT2D eigenvalue weighted by Gasteiger charge is 2.26. The van der Waals surface area contributed by atoms with Crippen molar-refractivity contribution < 1.29 is 5.11 Å². The maximum Gasteiger partial charge on any atom is 0.123 e. The molecule has 0 aliphatic carbocycles. The molecule has 0 spiro atoms. The molecule has 1 aromatic carbocycles. The summed E-state index contributed by atoms with van der Waals surface area (Å²) in [4.78, 5) is 0. The Bertz CT molecular complexity index is 530. The summed E-state index contributed by atoms with van der Waals surface area (Å²) >= 11 is 0. The quantitative estimate of drug-likeness (QED) is 0.784. The van der Waals surface area contributed by atoms with Crippen LogP contribution in [0.2, 0.25) is 0 Å². The number of rotatable bonds is 2. The summed E-state index contributed by atoms with van der Waals surface area (Å²) < 4.78 is 0. The zero-order chi connectivity index (χ0) is 16.5. The molecule has 0 amide bonds. The van der Waals surface area contributed by atoms with E-state index >= 15 is 0 Å². The van der Waals surface area contributed by atoms with E-state index in [0.29, 0.717) is 5.75 Å². The highest BCUT2D eigenvalue weighted by molar-refractivity contribution is 5.49. The molecule has 0 atom stereocenters. The van der Waals surface area contributed by atoms with Crippen molar-refractivity contribution in [3.05, 3.63) is 41.1 Å². The van der Waals surface area contributed by atoms with Crippen LogP contribution in [0.4, 0.5) is 0 Å². The van der Waals surface area contributed by atoms with E-state index < -0.39 is 0 Å². The summed E-state index contributed by atoms with van der Waals surface area (Å²) in [7, 11) is 0. The lowest BCUT2D eigenvalue weighted by Crippen LogP contribution is -2.46. The van der Waals surface area contributed by atoms with Crippen LogP contribution < -0.4 is 11.0 Å². The Kier molecular flexibility index (Phi) is 4.54. The van der Waals surface area contributed by atoms with Gasteiger partial charge in [-0.25, -0.2) is 5.43 Å². The molecule has 1 aromatic rings. The Hall–Kier alpha value is -1.52. The molecule has 0 bridgehead atoms. The maximum atomic E-state index is 10.7. The molecular weight excluding hydrogens is 274 g/mol. The van der Waals surface area contributed by atoms with Crippen LogP contribution in [0, 0.1) is 0 Å². The smallest absolute Gasteiger partial charge is 0.123 e. The summed E-state index contributed by atoms with van der Waals surface area (Å²) in [5.41, 5.74) is 9.24. The topological polar surface area (TPSA) is 47.5 Å². The number of hydrazine groups is 2. The lowest BCUT2D eigenvalue weighted by molar-refractivity contribution is 0.207. The Morgan fingerprint density at radius 2 is 1.59 bits per heavy atom. The molecule has 0 saturated heterocycles. The van der Waals surface area contributed by atoms with E-state index in [1.54, 1.807) is 0 Å². The van der Waals surface area contributed by atoms with Gasteiger partial charge in [0, 0.05) is 12.7 Å². The minimum Gasteiger partial charge on any atom is -0.507 e. The standard InChI is InChI=1S/C18H29N3O/c1-17(2,3)14-10-13(12-21-9-7-8-19-20-21)11-15(16(14)22)18(4,5)6/h7,9-11,19-20,22H,8,12H2,1-6H3. The maximum absolute atomic E-state index is 10.7. The minimum absolute atomic E-state index is 0.0937. The summed E-state index contributed by atoms with van der Waals surface area (Å²) in [5, 5.41) is 12.7. The summed E-state index contributed by atoms with van der Waals surface area (Å²) in [6.45, 7) is 14.4. The Balaban J connectivity index is 2.45. The zero-order valence-electron chi connectivity index (χ0n) is 14.6. The van der Waals surface area contributed by atoms with Crippen molar-refractivity contribution in [3.63, 3.8) is 0 Å². The molecule has 0 radical (unpaired) electrons. The van der Waals surface area contributed by atoms with Crippen molar-refractivity contribution in [3.8, 4) is 5.75 Å². The highest BCUT2D eigenvalue weighted by Crippen LogP contribution is 2.39. The molecule has 122 valence electrons. The van der Waals surface area contributed by atoms with Gasteiger partial charge in [0.25, 0.3) is 0 Å². The number of aromatic hydroxyl groups is 1. The molecule has 22 heavy (non-hydrogen) atoms. The number of benzene rings is 1. The number of hydrogen-bond donors (Lipinski definition) is 3. The van der Waals surface area contributed by atoms with Gasteiger partial charge in [0.1, 0.15) is 5.75 Å². The average Bonchev–Trinajstić information content (AvgIpc) is 2.39. The second-order valence-electron chi connectivity index (χ2n) is 8.04. The van der Waals surface area contributed by atoms with E-state index in [1.165, 1.54) is 5.56 Å². The van der Waals surface area contributed by atoms with Crippen molar-refractivity contribution in [1.82, 2.24) is 16.0 Å². The van der Waals surface area contributed by atoms with Gasteiger partial charge in [0.05, 0.1) is 6.54 Å². The van der Waals surface area contributed by atoms with Crippen LogP contribution in [0.25, 0.3) is 0 Å². The second kappa shape index (κ2) is 5.94. The predicted octanol–water partition coefficient (Wildman–Crippen LogP) is 3.33. The van der Waals surface area contributed by atoms with Gasteiger partial charge in [-0.05, 0) is 39.7 Å². The summed E-state index contributed by atoms with van der Waals surface area (Å²) in [6, 6.07) is 4.24. The third-order valence-corrected chi connectivity index (χ3v) is 3.87. The number of nitrogens with zero attached hydrogens (tertiary/aromatic N) is 1. The lowest BCUT2D eigenvalue weighted by atomic mass is 9.78. The second-order valence-corrected chi connectivity index (χ2v) is 8.04. The fourth-order valence-electron chi connectivity index (χ4n) is 2.64. The van der Waals surface area contributed by atoms with Crippen LogP contribution in [-0.2, 0) is 17.4 Å². The first-order chi connectivity index (χ1) is 10.1. The first-order valence-electron chi connectivity index (χ1n) is 7.88. The van der Waals surface area contributed by atoms with Gasteiger partial charge in [-0.1, -0.05) is 47.6 Å². The van der Waals surface area contributed by atoms with Crippen LogP contribution in [0.1, 0.15) is 58.2 Å². The highest BCUT2D eigenvalue weighted by atomic mass is 16.3. The van der Waals surface area contributed by atoms with Crippen molar-refractivity contribution in [1.29, 1.82) is 0 Å². The Labute approximate surface area is 134 Å². The molecule has 2 rings (SSSR count). The SMILES string of the molecule is CC(C)(C)c1cc(CN2C=CCNN2)cc(C(C)(C)C)c1O. The Morgan fingerprint density at radius 1 is 1.05 bits per heavy atom. The number of nitrogens with one attached hydrogen (secondary N) is 2. The fourth-order valence-corrected chi connectivity index (χ4v) is 2.64. The van der Waals surface area contributed by atoms with Crippen molar-refractivity contribution in [2.24, 2.45) is 0 Å². The average molecular weight is 303 g/mol. The van der Waals surface area contributed by atoms with Crippen LogP contribution in [0.15, 0.2) is 24.4 Å². The van der Waals surface area contributed by atoms with Crippen molar-refractivity contribution in [2.75, 3.05) is 6.54 Å². The molecule has 0 fully saturated rings. The van der Waals surface area contributed by atoms with Crippen LogP contribution in [0.5, 0.6) is 5.75 Å². The van der Waals surface area contributed by atoms with Crippen LogP contribution in [0.3, 0.4) is 0 Å². The van der Waals surface area contributed by atoms with E-state index in [9.17, 15) is 5.11 Å². The Morgan fingerprint density at radius 3 is 2.00 bits per heavy atom. The lowest BCUT2D eigenvalue weighted by Gasteiger charge is -2.30. The largest absolute Gasteiger partial charge is 0.507 e. The first-order valence-corrected chi connectivity index (χ1v) is 7.88. The van der Waals surface area contributed by atoms with Gasteiger partial charge < -0.3 is 5.11 Å². The summed E-state index contributed by atoms with van der Waals surface area (Å²) in [6.07, 6.45) is 4.11. The number of phenols is 1. The van der Waals surface area contributed by atoms with E-state index in [-0.39, 0.29) is 10.8 Å². The fraction of sp³-hybridized carbons (Fsp3) is 0.556. The molecule has 3 N–H and O–H groups in total. The summed E-state index contributed by atoms with van der Waals surface area (Å²) in [5.74, 6) is 0.434. The van der Waals surface area contributed by atoms with E-state index in [4.69, 9.17) is 0 Å². The van der Waals surface area contributed by atoms with E-state index in [2.05, 4.69) is 70.7 Å². The minimum atomic E-state index is -0.0937. The molecule has 0 aromatic heterocycles. The van der Waals surface area contributed by atoms with Gasteiger partial charge in [-0.3, -0.25) is 5.01 Å². The van der Waals surface area contributed by atoms with Gasteiger partial charge in [-0.2, -0.15) is 5.53 Å². The van der Waals surface area contributed by atoms with E-state index in [1.807, 2.05) is 11.2 Å². The molecule has 0 saturated carbocycles.